The number of non-ortho nitro benzene ring substituents is 1. The van der Waals surface area contributed by atoms with Crippen LogP contribution in [0.4, 0.5) is 11.4 Å². The first-order valence-corrected chi connectivity index (χ1v) is 7.42. The van der Waals surface area contributed by atoms with Crippen LogP contribution in [0.1, 0.15) is 5.56 Å². The van der Waals surface area contributed by atoms with Gasteiger partial charge in [0.2, 0.25) is 0 Å². The summed E-state index contributed by atoms with van der Waals surface area (Å²) in [4.78, 5) is 14.4. The number of rotatable bonds is 4. The Labute approximate surface area is 143 Å². The zero-order valence-electron chi connectivity index (χ0n) is 13.0. The lowest BCUT2D eigenvalue weighted by atomic mass is 10.0. The fourth-order valence-electron chi connectivity index (χ4n) is 2.33. The van der Waals surface area contributed by atoms with E-state index in [9.17, 15) is 20.3 Å². The molecule has 124 valence electrons. The smallest absolute Gasteiger partial charge is 0.270 e. The molecule has 0 fully saturated rings. The molecule has 0 radical (unpaired) electrons. The van der Waals surface area contributed by atoms with E-state index in [1.807, 2.05) is 30.3 Å². The Bertz CT molecular complexity index is 953. The van der Waals surface area contributed by atoms with Crippen molar-refractivity contribution in [1.82, 2.24) is 0 Å². The van der Waals surface area contributed by atoms with Crippen molar-refractivity contribution in [3.8, 4) is 22.6 Å². The van der Waals surface area contributed by atoms with Crippen LogP contribution < -0.4 is 5.11 Å². The van der Waals surface area contributed by atoms with Gasteiger partial charge < -0.3 is 10.2 Å². The van der Waals surface area contributed by atoms with Gasteiger partial charge in [-0.05, 0) is 28.8 Å². The Balaban J connectivity index is 1.97. The van der Waals surface area contributed by atoms with E-state index in [1.54, 1.807) is 12.1 Å². The second kappa shape index (κ2) is 6.84. The molecule has 0 saturated carbocycles. The normalized spacial score (nSPS) is 10.9. The van der Waals surface area contributed by atoms with E-state index < -0.39 is 4.92 Å². The Morgan fingerprint density at radius 1 is 0.960 bits per heavy atom. The Morgan fingerprint density at radius 3 is 2.44 bits per heavy atom. The number of phenolic OH excluding ortho intramolecular Hbond substituents is 1. The molecule has 0 spiro atoms. The molecule has 0 bridgehead atoms. The van der Waals surface area contributed by atoms with Crippen LogP contribution in [0.5, 0.6) is 11.5 Å². The highest BCUT2D eigenvalue weighted by Crippen LogP contribution is 2.32. The molecule has 3 rings (SSSR count). The molecule has 0 saturated heterocycles. The van der Waals surface area contributed by atoms with Crippen LogP contribution >= 0.6 is 0 Å². The maximum absolute atomic E-state index is 11.8. The van der Waals surface area contributed by atoms with Gasteiger partial charge in [0, 0.05) is 18.3 Å². The Hall–Kier alpha value is -3.67. The lowest BCUT2D eigenvalue weighted by Gasteiger charge is -2.09. The topological polar surface area (TPSA) is 98.8 Å². The van der Waals surface area contributed by atoms with Crippen molar-refractivity contribution >= 4 is 17.6 Å². The Kier molecular flexibility index (Phi) is 4.43. The average molecular weight is 333 g/mol. The SMILES string of the molecule is O=[N+]([O-])c1ccc([O-])c(C=Nc2cc(-c3ccccc3)ccc2O)c1. The molecular weight excluding hydrogens is 320 g/mol. The fourth-order valence-corrected chi connectivity index (χ4v) is 2.33. The number of hydrogen-bond acceptors (Lipinski definition) is 5. The molecule has 0 amide bonds. The number of phenols is 1. The molecule has 25 heavy (non-hydrogen) atoms. The molecule has 3 aromatic carbocycles. The minimum Gasteiger partial charge on any atom is -0.872 e. The van der Waals surface area contributed by atoms with Crippen molar-refractivity contribution in [2.24, 2.45) is 4.99 Å². The molecular formula is C19H13N2O4-. The second-order valence-corrected chi connectivity index (χ2v) is 5.31. The summed E-state index contributed by atoms with van der Waals surface area (Å²) < 4.78 is 0. The van der Waals surface area contributed by atoms with Crippen LogP contribution in [0.3, 0.4) is 0 Å². The quantitative estimate of drug-likeness (QED) is 0.446. The molecule has 1 N–H and O–H groups in total. The van der Waals surface area contributed by atoms with E-state index in [1.165, 1.54) is 12.3 Å². The summed E-state index contributed by atoms with van der Waals surface area (Å²) in [6.07, 6.45) is 1.22. The lowest BCUT2D eigenvalue weighted by molar-refractivity contribution is -0.385. The van der Waals surface area contributed by atoms with Crippen LogP contribution in [0.2, 0.25) is 0 Å². The molecule has 6 heteroatoms. The maximum atomic E-state index is 11.8. The number of aliphatic imine (C=N–C) groups is 1. The third-order valence-electron chi connectivity index (χ3n) is 3.63. The third kappa shape index (κ3) is 3.64. The minimum atomic E-state index is -0.579. The van der Waals surface area contributed by atoms with Crippen LogP contribution in [0.15, 0.2) is 71.7 Å². The van der Waals surface area contributed by atoms with Crippen molar-refractivity contribution in [2.75, 3.05) is 0 Å². The van der Waals surface area contributed by atoms with Crippen molar-refractivity contribution in [3.05, 3.63) is 82.4 Å². The molecule has 0 aliphatic rings. The molecule has 3 aromatic rings. The van der Waals surface area contributed by atoms with Gasteiger partial charge in [-0.3, -0.25) is 15.1 Å². The second-order valence-electron chi connectivity index (χ2n) is 5.31. The summed E-state index contributed by atoms with van der Waals surface area (Å²) in [6.45, 7) is 0. The number of benzene rings is 3. The summed E-state index contributed by atoms with van der Waals surface area (Å²) in [7, 11) is 0. The monoisotopic (exact) mass is 333 g/mol. The summed E-state index contributed by atoms with van der Waals surface area (Å²) in [5, 5.41) is 32.6. The van der Waals surface area contributed by atoms with Gasteiger partial charge >= 0.3 is 0 Å². The van der Waals surface area contributed by atoms with Gasteiger partial charge in [0.25, 0.3) is 5.69 Å². The number of nitro benzene ring substituents is 1. The third-order valence-corrected chi connectivity index (χ3v) is 3.63. The highest BCUT2D eigenvalue weighted by Gasteiger charge is 2.07. The molecule has 0 unspecified atom stereocenters. The summed E-state index contributed by atoms with van der Waals surface area (Å²) in [6, 6.07) is 17.9. The van der Waals surface area contributed by atoms with Crippen LogP contribution in [0, 0.1) is 10.1 Å². The minimum absolute atomic E-state index is 0.0474. The van der Waals surface area contributed by atoms with Gasteiger partial charge in [0.05, 0.1) is 4.92 Å². The molecule has 0 aromatic heterocycles. The van der Waals surface area contributed by atoms with E-state index in [0.717, 1.165) is 29.3 Å². The highest BCUT2D eigenvalue weighted by atomic mass is 16.6. The molecule has 6 nitrogen and oxygen atoms in total. The molecule has 0 atom stereocenters. The number of aromatic hydroxyl groups is 1. The number of hydrogen-bond donors (Lipinski definition) is 1. The van der Waals surface area contributed by atoms with E-state index >= 15 is 0 Å². The van der Waals surface area contributed by atoms with Crippen molar-refractivity contribution < 1.29 is 15.1 Å². The van der Waals surface area contributed by atoms with E-state index in [4.69, 9.17) is 0 Å². The zero-order valence-corrected chi connectivity index (χ0v) is 13.0. The summed E-state index contributed by atoms with van der Waals surface area (Å²) in [5.74, 6) is -0.429. The largest absolute Gasteiger partial charge is 0.872 e. The molecule has 0 aliphatic carbocycles. The molecule has 0 aliphatic heterocycles. The Morgan fingerprint density at radius 2 is 1.72 bits per heavy atom. The number of nitro groups is 1. The van der Waals surface area contributed by atoms with Crippen molar-refractivity contribution in [1.29, 1.82) is 0 Å². The first-order valence-electron chi connectivity index (χ1n) is 7.42. The van der Waals surface area contributed by atoms with Gasteiger partial charge in [-0.2, -0.15) is 0 Å². The molecule has 0 heterocycles. The first kappa shape index (κ1) is 16.2. The van der Waals surface area contributed by atoms with Crippen LogP contribution in [-0.4, -0.2) is 16.2 Å². The fraction of sp³-hybridized carbons (Fsp3) is 0. The maximum Gasteiger partial charge on any atom is 0.270 e. The predicted molar refractivity (Wildman–Crippen MR) is 93.3 cm³/mol. The van der Waals surface area contributed by atoms with Crippen molar-refractivity contribution in [2.45, 2.75) is 0 Å². The summed E-state index contributed by atoms with van der Waals surface area (Å²) >= 11 is 0. The van der Waals surface area contributed by atoms with E-state index in [2.05, 4.69) is 4.99 Å². The van der Waals surface area contributed by atoms with Gasteiger partial charge in [-0.15, -0.1) is 0 Å². The summed E-state index contributed by atoms with van der Waals surface area (Å²) in [5.41, 5.74) is 1.97. The highest BCUT2D eigenvalue weighted by molar-refractivity contribution is 5.87. The van der Waals surface area contributed by atoms with Crippen molar-refractivity contribution in [3.63, 3.8) is 0 Å². The van der Waals surface area contributed by atoms with Gasteiger partial charge in [0.1, 0.15) is 11.4 Å². The van der Waals surface area contributed by atoms with Crippen LogP contribution in [-0.2, 0) is 0 Å². The van der Waals surface area contributed by atoms with E-state index in [0.29, 0.717) is 0 Å². The first-order chi connectivity index (χ1) is 12.0. The standard InChI is InChI=1S/C19H14N2O4/c22-18-9-7-16(21(24)25)10-15(18)12-20-17-11-14(6-8-19(17)23)13-4-2-1-3-5-13/h1-12,22-23H/p-1. The number of nitrogens with zero attached hydrogens (tertiary/aromatic N) is 2. The predicted octanol–water partition coefficient (Wildman–Crippen LogP) is 3.79. The van der Waals surface area contributed by atoms with Gasteiger partial charge in [-0.1, -0.05) is 48.2 Å². The van der Waals surface area contributed by atoms with Gasteiger partial charge in [0.15, 0.2) is 0 Å². The van der Waals surface area contributed by atoms with E-state index in [-0.39, 0.29) is 28.4 Å². The zero-order chi connectivity index (χ0) is 17.8. The van der Waals surface area contributed by atoms with Crippen LogP contribution in [0.25, 0.3) is 11.1 Å². The van der Waals surface area contributed by atoms with Gasteiger partial charge in [-0.25, -0.2) is 0 Å². The average Bonchev–Trinajstić information content (AvgIpc) is 2.62. The lowest BCUT2D eigenvalue weighted by Crippen LogP contribution is -1.98.